The Hall–Kier alpha value is -0.960. The fourth-order valence-electron chi connectivity index (χ4n) is 0.790. The van der Waals surface area contributed by atoms with Crippen molar-refractivity contribution in [2.24, 2.45) is 0 Å². The zero-order valence-corrected chi connectivity index (χ0v) is 6.78. The van der Waals surface area contributed by atoms with E-state index in [2.05, 4.69) is 9.97 Å². The molecule has 0 saturated carbocycles. The van der Waals surface area contributed by atoms with Crippen molar-refractivity contribution in [2.75, 3.05) is 0 Å². The lowest BCUT2D eigenvalue weighted by atomic mass is 9.99. The molecule has 1 unspecified atom stereocenters. The normalized spacial score (nSPS) is 15.9. The molecule has 0 aliphatic heterocycles. The van der Waals surface area contributed by atoms with Crippen molar-refractivity contribution in [2.45, 2.75) is 25.9 Å². The Morgan fingerprint density at radius 1 is 1.64 bits per heavy atom. The molecule has 0 amide bonds. The van der Waals surface area contributed by atoms with Gasteiger partial charge in [-0.3, -0.25) is 0 Å². The summed E-state index contributed by atoms with van der Waals surface area (Å²) >= 11 is 0. The molecule has 1 rings (SSSR count). The van der Waals surface area contributed by atoms with Crippen LogP contribution >= 0.6 is 0 Å². The van der Waals surface area contributed by atoms with Crippen molar-refractivity contribution in [3.05, 3.63) is 24.3 Å². The van der Waals surface area contributed by atoms with Gasteiger partial charge in [-0.15, -0.1) is 0 Å². The molecule has 3 nitrogen and oxygen atoms in total. The molecule has 1 aromatic rings. The summed E-state index contributed by atoms with van der Waals surface area (Å²) in [4.78, 5) is 7.73. The van der Waals surface area contributed by atoms with Crippen LogP contribution in [0.15, 0.2) is 18.6 Å². The van der Waals surface area contributed by atoms with Crippen molar-refractivity contribution in [3.8, 4) is 0 Å². The van der Waals surface area contributed by atoms with Gasteiger partial charge in [-0.25, -0.2) is 9.97 Å². The standard InChI is InChI=1S/C8H12N2O/c1-3-8(2,11)7-4-5-9-6-10-7/h4-6,11H,3H2,1-2H3. The van der Waals surface area contributed by atoms with Gasteiger partial charge in [-0.1, -0.05) is 6.92 Å². The summed E-state index contributed by atoms with van der Waals surface area (Å²) in [5, 5.41) is 9.70. The number of nitrogens with zero attached hydrogens (tertiary/aromatic N) is 2. The highest BCUT2D eigenvalue weighted by Crippen LogP contribution is 2.20. The molecule has 0 spiro atoms. The van der Waals surface area contributed by atoms with Crippen LogP contribution in [0.25, 0.3) is 0 Å². The van der Waals surface area contributed by atoms with Crippen molar-refractivity contribution >= 4 is 0 Å². The highest BCUT2D eigenvalue weighted by Gasteiger charge is 2.21. The molecule has 11 heavy (non-hydrogen) atoms. The van der Waals surface area contributed by atoms with Gasteiger partial charge in [0.05, 0.1) is 5.69 Å². The highest BCUT2D eigenvalue weighted by atomic mass is 16.3. The topological polar surface area (TPSA) is 46.0 Å². The van der Waals surface area contributed by atoms with E-state index in [1.165, 1.54) is 6.33 Å². The SMILES string of the molecule is CCC(C)(O)c1ccncn1. The van der Waals surface area contributed by atoms with Gasteiger partial charge in [0.1, 0.15) is 11.9 Å². The summed E-state index contributed by atoms with van der Waals surface area (Å²) < 4.78 is 0. The Bertz CT molecular complexity index is 221. The Morgan fingerprint density at radius 3 is 2.82 bits per heavy atom. The van der Waals surface area contributed by atoms with Crippen LogP contribution in [0.3, 0.4) is 0 Å². The molecule has 60 valence electrons. The monoisotopic (exact) mass is 152 g/mol. The van der Waals surface area contributed by atoms with E-state index in [9.17, 15) is 5.11 Å². The average molecular weight is 152 g/mol. The first-order valence-corrected chi connectivity index (χ1v) is 3.65. The molecular formula is C8H12N2O. The highest BCUT2D eigenvalue weighted by molar-refractivity contribution is 5.07. The van der Waals surface area contributed by atoms with Gasteiger partial charge in [0.25, 0.3) is 0 Å². The van der Waals surface area contributed by atoms with Gasteiger partial charge >= 0.3 is 0 Å². The molecule has 1 aromatic heterocycles. The van der Waals surface area contributed by atoms with Crippen LogP contribution < -0.4 is 0 Å². The van der Waals surface area contributed by atoms with Gasteiger partial charge in [0, 0.05) is 6.20 Å². The number of rotatable bonds is 2. The molecule has 1 heterocycles. The van der Waals surface area contributed by atoms with Crippen LogP contribution in [0.5, 0.6) is 0 Å². The van der Waals surface area contributed by atoms with Crippen LogP contribution in [0.2, 0.25) is 0 Å². The predicted molar refractivity (Wildman–Crippen MR) is 41.9 cm³/mol. The molecule has 0 aliphatic rings. The molecule has 0 fully saturated rings. The van der Waals surface area contributed by atoms with E-state index < -0.39 is 5.60 Å². The maximum absolute atomic E-state index is 9.70. The Balaban J connectivity index is 2.93. The zero-order chi connectivity index (χ0) is 8.32. The summed E-state index contributed by atoms with van der Waals surface area (Å²) in [6.07, 6.45) is 3.73. The molecular weight excluding hydrogens is 140 g/mol. The maximum atomic E-state index is 9.70. The summed E-state index contributed by atoms with van der Waals surface area (Å²) in [6.45, 7) is 3.66. The minimum Gasteiger partial charge on any atom is -0.384 e. The minimum absolute atomic E-state index is 0.657. The second-order valence-electron chi connectivity index (χ2n) is 2.72. The van der Waals surface area contributed by atoms with Gasteiger partial charge in [-0.2, -0.15) is 0 Å². The average Bonchev–Trinajstić information content (AvgIpc) is 2.06. The first-order chi connectivity index (χ1) is 5.17. The third-order valence-electron chi connectivity index (χ3n) is 1.82. The van der Waals surface area contributed by atoms with Crippen molar-refractivity contribution in [1.82, 2.24) is 9.97 Å². The van der Waals surface area contributed by atoms with Crippen LogP contribution in [0, 0.1) is 0 Å². The van der Waals surface area contributed by atoms with E-state index in [4.69, 9.17) is 0 Å². The molecule has 1 N–H and O–H groups in total. The largest absolute Gasteiger partial charge is 0.384 e. The summed E-state index contributed by atoms with van der Waals surface area (Å²) in [7, 11) is 0. The minimum atomic E-state index is -0.817. The van der Waals surface area contributed by atoms with E-state index in [0.717, 1.165) is 0 Å². The summed E-state index contributed by atoms with van der Waals surface area (Å²) in [5.41, 5.74) is -0.141. The molecule has 0 aliphatic carbocycles. The number of hydrogen-bond acceptors (Lipinski definition) is 3. The van der Waals surface area contributed by atoms with Crippen LogP contribution in [0.1, 0.15) is 26.0 Å². The second kappa shape index (κ2) is 2.96. The van der Waals surface area contributed by atoms with Crippen LogP contribution in [-0.4, -0.2) is 15.1 Å². The Morgan fingerprint density at radius 2 is 2.36 bits per heavy atom. The van der Waals surface area contributed by atoms with Crippen molar-refractivity contribution < 1.29 is 5.11 Å². The quantitative estimate of drug-likeness (QED) is 0.690. The third kappa shape index (κ3) is 1.74. The number of hydrogen-bond donors (Lipinski definition) is 1. The maximum Gasteiger partial charge on any atom is 0.115 e. The van der Waals surface area contributed by atoms with Gasteiger partial charge in [0.15, 0.2) is 0 Å². The summed E-state index contributed by atoms with van der Waals surface area (Å²) in [5.74, 6) is 0. The Labute approximate surface area is 66.1 Å². The van der Waals surface area contributed by atoms with Crippen LogP contribution in [-0.2, 0) is 5.60 Å². The smallest absolute Gasteiger partial charge is 0.115 e. The van der Waals surface area contributed by atoms with Gasteiger partial charge in [-0.05, 0) is 19.4 Å². The van der Waals surface area contributed by atoms with E-state index in [1.807, 2.05) is 6.92 Å². The number of aliphatic hydroxyl groups is 1. The van der Waals surface area contributed by atoms with E-state index in [1.54, 1.807) is 19.2 Å². The molecule has 0 bridgehead atoms. The van der Waals surface area contributed by atoms with E-state index in [0.29, 0.717) is 12.1 Å². The fourth-order valence-corrected chi connectivity index (χ4v) is 0.790. The van der Waals surface area contributed by atoms with E-state index in [-0.39, 0.29) is 0 Å². The molecule has 3 heteroatoms. The van der Waals surface area contributed by atoms with Crippen molar-refractivity contribution in [3.63, 3.8) is 0 Å². The van der Waals surface area contributed by atoms with Crippen molar-refractivity contribution in [1.29, 1.82) is 0 Å². The summed E-state index contributed by atoms with van der Waals surface area (Å²) in [6, 6.07) is 1.73. The second-order valence-corrected chi connectivity index (χ2v) is 2.72. The fraction of sp³-hybridized carbons (Fsp3) is 0.500. The number of aromatic nitrogens is 2. The molecule has 0 radical (unpaired) electrons. The third-order valence-corrected chi connectivity index (χ3v) is 1.82. The zero-order valence-electron chi connectivity index (χ0n) is 6.78. The first kappa shape index (κ1) is 8.14. The molecule has 0 aromatic carbocycles. The lowest BCUT2D eigenvalue weighted by molar-refractivity contribution is 0.0484. The van der Waals surface area contributed by atoms with Crippen LogP contribution in [0.4, 0.5) is 0 Å². The Kier molecular flexibility index (Phi) is 2.19. The lowest BCUT2D eigenvalue weighted by Crippen LogP contribution is -2.21. The lowest BCUT2D eigenvalue weighted by Gasteiger charge is -2.19. The predicted octanol–water partition coefficient (Wildman–Crippen LogP) is 1.09. The first-order valence-electron chi connectivity index (χ1n) is 3.65. The van der Waals surface area contributed by atoms with E-state index >= 15 is 0 Å². The van der Waals surface area contributed by atoms with Gasteiger partial charge in [0.2, 0.25) is 0 Å². The van der Waals surface area contributed by atoms with Gasteiger partial charge < -0.3 is 5.11 Å². The molecule has 1 atom stereocenters. The molecule has 0 saturated heterocycles.